The van der Waals surface area contributed by atoms with Gasteiger partial charge in [0, 0.05) is 5.39 Å². The number of fused-ring (bicyclic) bond motifs is 1. The molecule has 0 aliphatic heterocycles. The van der Waals surface area contributed by atoms with Crippen LogP contribution in [0.15, 0.2) is 12.3 Å². The molecule has 0 saturated heterocycles. The maximum absolute atomic E-state index is 12.3. The van der Waals surface area contributed by atoms with Gasteiger partial charge in [0.1, 0.15) is 13.6 Å². The third-order valence-corrected chi connectivity index (χ3v) is 4.24. The highest BCUT2D eigenvalue weighted by atomic mass is 127. The summed E-state index contributed by atoms with van der Waals surface area (Å²) in [6.45, 7) is 1.52. The number of halogens is 4. The van der Waals surface area contributed by atoms with Gasteiger partial charge in [0.25, 0.3) is 0 Å². The van der Waals surface area contributed by atoms with E-state index in [0.29, 0.717) is 22.8 Å². The first-order chi connectivity index (χ1) is 8.33. The van der Waals surface area contributed by atoms with E-state index in [1.165, 1.54) is 13.1 Å². The zero-order chi connectivity index (χ0) is 13.5. The molecule has 0 amide bonds. The molecular formula is C9H6BF3IN2OP. The molecule has 1 aromatic carbocycles. The molecule has 0 N–H and O–H groups in total. The van der Waals surface area contributed by atoms with Crippen LogP contribution < -0.4 is 10.2 Å². The van der Waals surface area contributed by atoms with Crippen LogP contribution in [-0.2, 0) is 0 Å². The summed E-state index contributed by atoms with van der Waals surface area (Å²) in [5.41, 5.74) is 0.990. The van der Waals surface area contributed by atoms with E-state index in [1.54, 1.807) is 10.5 Å². The molecule has 18 heavy (non-hydrogen) atoms. The fourth-order valence-electron chi connectivity index (χ4n) is 1.63. The van der Waals surface area contributed by atoms with Gasteiger partial charge in [-0.15, -0.1) is 13.2 Å². The lowest BCUT2D eigenvalue weighted by atomic mass is 9.89. The van der Waals surface area contributed by atoms with Gasteiger partial charge >= 0.3 is 6.36 Å². The van der Waals surface area contributed by atoms with Crippen LogP contribution in [0.5, 0.6) is 5.75 Å². The van der Waals surface area contributed by atoms with E-state index in [-0.39, 0.29) is 11.2 Å². The molecule has 1 aromatic heterocycles. The normalized spacial score (nSPS) is 12.7. The number of aromatic nitrogens is 2. The third kappa shape index (κ3) is 2.59. The highest BCUT2D eigenvalue weighted by Gasteiger charge is 2.32. The van der Waals surface area contributed by atoms with Crippen molar-refractivity contribution in [3.05, 3.63) is 17.8 Å². The number of hydrogen-bond acceptors (Lipinski definition) is 2. The van der Waals surface area contributed by atoms with E-state index >= 15 is 0 Å². The lowest BCUT2D eigenvalue weighted by molar-refractivity contribution is -0.274. The molecule has 3 nitrogen and oxygen atoms in total. The highest BCUT2D eigenvalue weighted by Crippen LogP contribution is 2.32. The predicted octanol–water partition coefficient (Wildman–Crippen LogP) is 2.83. The van der Waals surface area contributed by atoms with Crippen molar-refractivity contribution in [2.24, 2.45) is 0 Å². The minimum atomic E-state index is -4.76. The summed E-state index contributed by atoms with van der Waals surface area (Å²) in [5, 5.41) is 4.52. The van der Waals surface area contributed by atoms with Crippen LogP contribution in [0.2, 0.25) is 0 Å². The Morgan fingerprint density at radius 2 is 2.17 bits per heavy atom. The SMILES string of the molecule is [B]c1c(OC(F)(F)F)c(C)cc2c1cnn2PI. The second-order valence-corrected chi connectivity index (χ2v) is 5.60. The molecule has 0 aliphatic rings. The summed E-state index contributed by atoms with van der Waals surface area (Å²) >= 11 is 2.13. The van der Waals surface area contributed by atoms with Crippen LogP contribution in [0.4, 0.5) is 13.2 Å². The first-order valence-corrected chi connectivity index (χ1v) is 8.79. The molecule has 9 heteroatoms. The first-order valence-electron chi connectivity index (χ1n) is 4.72. The number of hydrogen-bond donors (Lipinski definition) is 0. The van der Waals surface area contributed by atoms with Crippen LogP contribution in [-0.4, -0.2) is 23.8 Å². The number of ether oxygens (including phenoxy) is 1. The van der Waals surface area contributed by atoms with Gasteiger partial charge in [-0.05, 0) is 46.1 Å². The van der Waals surface area contributed by atoms with Gasteiger partial charge in [-0.2, -0.15) is 5.10 Å². The highest BCUT2D eigenvalue weighted by molar-refractivity contribution is 14.2. The molecule has 0 aliphatic carbocycles. The van der Waals surface area contributed by atoms with Gasteiger partial charge in [0.05, 0.1) is 18.1 Å². The fourth-order valence-corrected chi connectivity index (χ4v) is 3.16. The number of aryl methyl sites for hydroxylation is 1. The number of nitrogens with zero attached hydrogens (tertiary/aromatic N) is 2. The van der Waals surface area contributed by atoms with Gasteiger partial charge in [-0.25, -0.2) is 4.45 Å². The van der Waals surface area contributed by atoms with Crippen LogP contribution in [0.25, 0.3) is 10.9 Å². The van der Waals surface area contributed by atoms with Crippen molar-refractivity contribution in [3.63, 3.8) is 0 Å². The molecule has 2 rings (SSSR count). The Morgan fingerprint density at radius 1 is 1.50 bits per heavy atom. The number of rotatable bonds is 2. The Bertz CT molecular complexity index is 601. The van der Waals surface area contributed by atoms with Crippen molar-refractivity contribution in [2.45, 2.75) is 13.3 Å². The zero-order valence-corrected chi connectivity index (χ0v) is 12.2. The summed E-state index contributed by atoms with van der Waals surface area (Å²) in [5.74, 6) is -0.355. The van der Waals surface area contributed by atoms with E-state index in [4.69, 9.17) is 7.85 Å². The van der Waals surface area contributed by atoms with E-state index in [1.807, 2.05) is 0 Å². The van der Waals surface area contributed by atoms with E-state index in [0.717, 1.165) is 0 Å². The van der Waals surface area contributed by atoms with Crippen molar-refractivity contribution in [2.75, 3.05) is 0 Å². The largest absolute Gasteiger partial charge is 0.573 e. The Kier molecular flexibility index (Phi) is 3.78. The fraction of sp³-hybridized carbons (Fsp3) is 0.222. The van der Waals surface area contributed by atoms with E-state index in [9.17, 15) is 13.2 Å². The van der Waals surface area contributed by atoms with Crippen LogP contribution in [0, 0.1) is 6.92 Å². The smallest absolute Gasteiger partial charge is 0.406 e. The third-order valence-electron chi connectivity index (χ3n) is 2.35. The molecular weight excluding hydrogens is 378 g/mol. The zero-order valence-electron chi connectivity index (χ0n) is 9.05. The molecule has 2 aromatic rings. The second kappa shape index (κ2) is 4.88. The van der Waals surface area contributed by atoms with Gasteiger partial charge < -0.3 is 4.74 Å². The summed E-state index contributed by atoms with van der Waals surface area (Å²) in [6, 6.07) is 1.59. The second-order valence-electron chi connectivity index (χ2n) is 3.56. The molecule has 2 radical (unpaired) electrons. The van der Waals surface area contributed by atoms with Gasteiger partial charge in [-0.3, -0.25) is 0 Å². The van der Waals surface area contributed by atoms with Crippen molar-refractivity contribution in [3.8, 4) is 5.75 Å². The summed E-state index contributed by atoms with van der Waals surface area (Å²) in [6.07, 6.45) is -2.97. The maximum Gasteiger partial charge on any atom is 0.573 e. The minimum absolute atomic E-state index is 0.0387. The van der Waals surface area contributed by atoms with Gasteiger partial charge in [-0.1, -0.05) is 0 Å². The predicted molar refractivity (Wildman–Crippen MR) is 74.3 cm³/mol. The standard InChI is InChI=1S/C9H6BF3IN2OP/c1-4-2-6-5(3-15-16(6)18-14)7(10)8(4)17-9(11,12)13/h2-3,18H,1H3. The molecule has 0 bridgehead atoms. The minimum Gasteiger partial charge on any atom is -0.406 e. The maximum atomic E-state index is 12.3. The lowest BCUT2D eigenvalue weighted by Crippen LogP contribution is -2.23. The Hall–Kier alpha value is -0.495. The van der Waals surface area contributed by atoms with Crippen LogP contribution >= 0.6 is 28.4 Å². The summed E-state index contributed by atoms with van der Waals surface area (Å²) in [4.78, 5) is 0. The monoisotopic (exact) mass is 384 g/mol. The molecule has 1 heterocycles. The van der Waals surface area contributed by atoms with Crippen LogP contribution in [0.3, 0.4) is 0 Å². The topological polar surface area (TPSA) is 27.1 Å². The Balaban J connectivity index is 2.63. The number of alkyl halides is 3. The average molecular weight is 384 g/mol. The first kappa shape index (κ1) is 13.9. The van der Waals surface area contributed by atoms with Gasteiger partial charge in [0.15, 0.2) is 0 Å². The molecule has 0 saturated carbocycles. The Labute approximate surface area is 117 Å². The van der Waals surface area contributed by atoms with E-state index < -0.39 is 6.36 Å². The Morgan fingerprint density at radius 3 is 2.72 bits per heavy atom. The molecule has 0 spiro atoms. The van der Waals surface area contributed by atoms with Crippen molar-refractivity contribution in [1.29, 1.82) is 0 Å². The molecule has 1 unspecified atom stereocenters. The van der Waals surface area contributed by atoms with Crippen molar-refractivity contribution < 1.29 is 17.9 Å². The summed E-state index contributed by atoms with van der Waals surface area (Å²) < 4.78 is 42.5. The van der Waals surface area contributed by atoms with Crippen LogP contribution in [0.1, 0.15) is 5.56 Å². The molecule has 94 valence electrons. The van der Waals surface area contributed by atoms with Crippen molar-refractivity contribution in [1.82, 2.24) is 9.55 Å². The number of benzene rings is 1. The quantitative estimate of drug-likeness (QED) is 0.453. The molecule has 1 atom stereocenters. The van der Waals surface area contributed by atoms with E-state index in [2.05, 4.69) is 31.9 Å². The lowest BCUT2D eigenvalue weighted by Gasteiger charge is -2.15. The molecule has 0 fully saturated rings. The summed E-state index contributed by atoms with van der Waals surface area (Å²) in [7, 11) is 5.72. The van der Waals surface area contributed by atoms with Gasteiger partial charge in [0.2, 0.25) is 0 Å². The average Bonchev–Trinajstić information content (AvgIpc) is 2.65. The van der Waals surface area contributed by atoms with Crippen molar-refractivity contribution >= 4 is 52.6 Å².